The van der Waals surface area contributed by atoms with Crippen molar-refractivity contribution < 1.29 is 18.8 Å². The lowest BCUT2D eigenvalue weighted by Crippen LogP contribution is -2.41. The first kappa shape index (κ1) is 20.0. The van der Waals surface area contributed by atoms with Crippen molar-refractivity contribution in [2.75, 3.05) is 43.5 Å². The molecule has 1 saturated heterocycles. The van der Waals surface area contributed by atoms with Crippen molar-refractivity contribution in [3.63, 3.8) is 0 Å². The van der Waals surface area contributed by atoms with Gasteiger partial charge in [-0.1, -0.05) is 17.3 Å². The Labute approximate surface area is 173 Å². The summed E-state index contributed by atoms with van der Waals surface area (Å²) in [6.07, 6.45) is 0. The van der Waals surface area contributed by atoms with Crippen LogP contribution >= 0.6 is 0 Å². The zero-order chi connectivity index (χ0) is 21.1. The second kappa shape index (κ2) is 8.60. The fourth-order valence-electron chi connectivity index (χ4n) is 3.44. The van der Waals surface area contributed by atoms with Gasteiger partial charge in [0.1, 0.15) is 0 Å². The molecule has 1 aliphatic rings. The SMILES string of the molecule is Cc1cc(C(=O)Nc2ccccc2NC(=O)CN2CCOCC2)c2c(C)noc2n1. The van der Waals surface area contributed by atoms with Gasteiger partial charge in [-0.05, 0) is 32.0 Å². The highest BCUT2D eigenvalue weighted by atomic mass is 16.5. The van der Waals surface area contributed by atoms with Crippen LogP contribution < -0.4 is 10.6 Å². The Morgan fingerprint density at radius 2 is 1.80 bits per heavy atom. The molecule has 0 spiro atoms. The van der Waals surface area contributed by atoms with Crippen LogP contribution in [0.5, 0.6) is 0 Å². The lowest BCUT2D eigenvalue weighted by molar-refractivity contribution is -0.118. The molecule has 0 unspecified atom stereocenters. The van der Waals surface area contributed by atoms with Gasteiger partial charge in [-0.15, -0.1) is 0 Å². The van der Waals surface area contributed by atoms with E-state index in [0.717, 1.165) is 13.1 Å². The molecule has 0 atom stereocenters. The Bertz CT molecular complexity index is 1090. The molecule has 2 N–H and O–H groups in total. The molecule has 4 rings (SSSR count). The number of carbonyl (C=O) groups is 2. The maximum atomic E-state index is 13.0. The van der Waals surface area contributed by atoms with E-state index in [-0.39, 0.29) is 18.4 Å². The number of benzene rings is 1. The molecule has 0 radical (unpaired) electrons. The number of ether oxygens (including phenoxy) is 1. The number of para-hydroxylation sites is 2. The Morgan fingerprint density at radius 1 is 1.10 bits per heavy atom. The highest BCUT2D eigenvalue weighted by molar-refractivity contribution is 6.13. The molecule has 156 valence electrons. The van der Waals surface area contributed by atoms with Crippen LogP contribution in [0.3, 0.4) is 0 Å². The smallest absolute Gasteiger partial charge is 0.258 e. The highest BCUT2D eigenvalue weighted by Gasteiger charge is 2.20. The lowest BCUT2D eigenvalue weighted by atomic mass is 10.1. The minimum absolute atomic E-state index is 0.143. The second-order valence-corrected chi connectivity index (χ2v) is 7.20. The van der Waals surface area contributed by atoms with E-state index < -0.39 is 0 Å². The number of hydrogen-bond acceptors (Lipinski definition) is 7. The fraction of sp³-hybridized carbons (Fsp3) is 0.333. The molecule has 1 aromatic carbocycles. The van der Waals surface area contributed by atoms with Crippen LogP contribution in [-0.2, 0) is 9.53 Å². The number of aromatic nitrogens is 2. The molecule has 9 nitrogen and oxygen atoms in total. The van der Waals surface area contributed by atoms with Gasteiger partial charge < -0.3 is 19.9 Å². The summed E-state index contributed by atoms with van der Waals surface area (Å²) in [6, 6.07) is 8.80. The minimum Gasteiger partial charge on any atom is -0.379 e. The first-order valence-corrected chi connectivity index (χ1v) is 9.75. The number of nitrogens with zero attached hydrogens (tertiary/aromatic N) is 3. The van der Waals surface area contributed by atoms with Crippen molar-refractivity contribution in [1.82, 2.24) is 15.0 Å². The van der Waals surface area contributed by atoms with E-state index in [1.807, 2.05) is 4.90 Å². The van der Waals surface area contributed by atoms with Gasteiger partial charge >= 0.3 is 0 Å². The van der Waals surface area contributed by atoms with Crippen LogP contribution in [0.1, 0.15) is 21.7 Å². The number of hydrogen-bond donors (Lipinski definition) is 2. The summed E-state index contributed by atoms with van der Waals surface area (Å²) < 4.78 is 10.5. The fourth-order valence-corrected chi connectivity index (χ4v) is 3.44. The van der Waals surface area contributed by atoms with Crippen LogP contribution in [0.25, 0.3) is 11.1 Å². The Kier molecular flexibility index (Phi) is 5.73. The van der Waals surface area contributed by atoms with Crippen LogP contribution in [0, 0.1) is 13.8 Å². The van der Waals surface area contributed by atoms with Crippen LogP contribution in [0.4, 0.5) is 11.4 Å². The summed E-state index contributed by atoms with van der Waals surface area (Å²) in [5, 5.41) is 10.3. The minimum atomic E-state index is -0.327. The van der Waals surface area contributed by atoms with Crippen molar-refractivity contribution >= 4 is 34.3 Å². The van der Waals surface area contributed by atoms with Crippen molar-refractivity contribution in [3.8, 4) is 0 Å². The number of anilines is 2. The van der Waals surface area contributed by atoms with E-state index in [2.05, 4.69) is 20.8 Å². The van der Waals surface area contributed by atoms with Gasteiger partial charge in [0.15, 0.2) is 0 Å². The molecule has 2 aromatic heterocycles. The summed E-state index contributed by atoms with van der Waals surface area (Å²) in [5.74, 6) is -0.470. The normalized spacial score (nSPS) is 14.6. The molecule has 0 bridgehead atoms. The van der Waals surface area contributed by atoms with Gasteiger partial charge in [0.25, 0.3) is 11.6 Å². The first-order chi connectivity index (χ1) is 14.5. The number of rotatable bonds is 5. The molecule has 2 amide bonds. The van der Waals surface area contributed by atoms with Crippen LogP contribution in [0.15, 0.2) is 34.9 Å². The molecule has 30 heavy (non-hydrogen) atoms. The Hall–Kier alpha value is -3.30. The number of nitrogens with one attached hydrogen (secondary N) is 2. The third-order valence-electron chi connectivity index (χ3n) is 4.91. The van der Waals surface area contributed by atoms with Crippen molar-refractivity contribution in [3.05, 3.63) is 47.3 Å². The number of morpholine rings is 1. The molecule has 3 heterocycles. The summed E-state index contributed by atoms with van der Waals surface area (Å²) >= 11 is 0. The van der Waals surface area contributed by atoms with Gasteiger partial charge in [0, 0.05) is 18.8 Å². The van der Waals surface area contributed by atoms with Gasteiger partial charge in [0.05, 0.1) is 47.8 Å². The summed E-state index contributed by atoms with van der Waals surface area (Å²) in [4.78, 5) is 31.8. The van der Waals surface area contributed by atoms with Crippen molar-refractivity contribution in [2.45, 2.75) is 13.8 Å². The van der Waals surface area contributed by atoms with Gasteiger partial charge in [-0.3, -0.25) is 14.5 Å². The van der Waals surface area contributed by atoms with Crippen molar-refractivity contribution in [1.29, 1.82) is 0 Å². The van der Waals surface area contributed by atoms with E-state index in [0.29, 0.717) is 52.6 Å². The molecule has 1 fully saturated rings. The van der Waals surface area contributed by atoms with E-state index in [9.17, 15) is 9.59 Å². The number of carbonyl (C=O) groups excluding carboxylic acids is 2. The van der Waals surface area contributed by atoms with Crippen molar-refractivity contribution in [2.24, 2.45) is 0 Å². The van der Waals surface area contributed by atoms with E-state index in [1.54, 1.807) is 44.2 Å². The average Bonchev–Trinajstić information content (AvgIpc) is 3.10. The molecule has 0 saturated carbocycles. The second-order valence-electron chi connectivity index (χ2n) is 7.20. The summed E-state index contributed by atoms with van der Waals surface area (Å²) in [5.41, 5.74) is 3.03. The molecular weight excluding hydrogens is 386 g/mol. The molecular formula is C21H23N5O4. The number of aryl methyl sites for hydroxylation is 2. The summed E-state index contributed by atoms with van der Waals surface area (Å²) in [6.45, 7) is 6.52. The number of fused-ring (bicyclic) bond motifs is 1. The Balaban J connectivity index is 1.52. The standard InChI is InChI=1S/C21H23N5O4/c1-13-11-15(19-14(2)25-30-21(19)22-13)20(28)24-17-6-4-3-5-16(17)23-18(27)12-26-7-9-29-10-8-26/h3-6,11H,7-10,12H2,1-2H3,(H,23,27)(H,24,28). The number of amides is 2. The molecule has 3 aromatic rings. The van der Waals surface area contributed by atoms with E-state index >= 15 is 0 Å². The van der Waals surface area contributed by atoms with Gasteiger partial charge in [0.2, 0.25) is 5.91 Å². The molecule has 0 aliphatic carbocycles. The topological polar surface area (TPSA) is 110 Å². The monoisotopic (exact) mass is 409 g/mol. The van der Waals surface area contributed by atoms with Gasteiger partial charge in [-0.2, -0.15) is 0 Å². The van der Waals surface area contributed by atoms with E-state index in [4.69, 9.17) is 9.26 Å². The van der Waals surface area contributed by atoms with E-state index in [1.165, 1.54) is 0 Å². The maximum absolute atomic E-state index is 13.0. The Morgan fingerprint density at radius 3 is 2.53 bits per heavy atom. The molecule has 1 aliphatic heterocycles. The van der Waals surface area contributed by atoms with Crippen LogP contribution in [-0.4, -0.2) is 59.7 Å². The largest absolute Gasteiger partial charge is 0.379 e. The first-order valence-electron chi connectivity index (χ1n) is 9.75. The van der Waals surface area contributed by atoms with Gasteiger partial charge in [-0.25, -0.2) is 4.98 Å². The zero-order valence-electron chi connectivity index (χ0n) is 16.9. The highest BCUT2D eigenvalue weighted by Crippen LogP contribution is 2.25. The summed E-state index contributed by atoms with van der Waals surface area (Å²) in [7, 11) is 0. The quantitative estimate of drug-likeness (QED) is 0.666. The average molecular weight is 409 g/mol. The lowest BCUT2D eigenvalue weighted by Gasteiger charge is -2.26. The predicted octanol–water partition coefficient (Wildman–Crippen LogP) is 2.36. The third-order valence-corrected chi connectivity index (χ3v) is 4.91. The zero-order valence-corrected chi connectivity index (χ0v) is 16.9. The van der Waals surface area contributed by atoms with Crippen LogP contribution in [0.2, 0.25) is 0 Å². The molecule has 9 heteroatoms. The predicted molar refractivity (Wildman–Crippen MR) is 112 cm³/mol. The third kappa shape index (κ3) is 4.32. The number of pyridine rings is 1. The maximum Gasteiger partial charge on any atom is 0.258 e.